The van der Waals surface area contributed by atoms with E-state index in [9.17, 15) is 4.79 Å². The van der Waals surface area contributed by atoms with E-state index in [1.807, 2.05) is 0 Å². The predicted octanol–water partition coefficient (Wildman–Crippen LogP) is 1.12. The molecule has 2 aromatic rings. The highest BCUT2D eigenvalue weighted by atomic mass is 35.5. The highest BCUT2D eigenvalue weighted by Crippen LogP contribution is 2.13. The van der Waals surface area contributed by atoms with E-state index in [0.29, 0.717) is 0 Å². The van der Waals surface area contributed by atoms with Crippen molar-refractivity contribution in [3.63, 3.8) is 0 Å². The fourth-order valence-corrected chi connectivity index (χ4v) is 1.40. The van der Waals surface area contributed by atoms with Crippen LogP contribution in [0.1, 0.15) is 10.5 Å². The first-order chi connectivity index (χ1) is 7.66. The quantitative estimate of drug-likeness (QED) is 0.849. The van der Waals surface area contributed by atoms with Gasteiger partial charge in [-0.25, -0.2) is 9.97 Å². The average molecular weight is 238 g/mol. The topological polar surface area (TPSA) is 72.7 Å². The molecule has 0 saturated heterocycles. The molecule has 1 N–H and O–H groups in total. The molecule has 6 nitrogen and oxygen atoms in total. The molecule has 2 aromatic heterocycles. The zero-order valence-electron chi connectivity index (χ0n) is 8.38. The van der Waals surface area contributed by atoms with Crippen LogP contribution in [-0.4, -0.2) is 25.7 Å². The van der Waals surface area contributed by atoms with E-state index in [4.69, 9.17) is 11.6 Å². The van der Waals surface area contributed by atoms with Gasteiger partial charge in [-0.2, -0.15) is 5.10 Å². The van der Waals surface area contributed by atoms with Gasteiger partial charge in [0.05, 0.1) is 5.02 Å². The molecule has 1 amide bonds. The SMILES string of the molecule is Cn1cc(Cl)c(C(=O)Nc2ncccn2)n1. The fraction of sp³-hybridized carbons (Fsp3) is 0.111. The Morgan fingerprint density at radius 2 is 2.12 bits per heavy atom. The van der Waals surface area contributed by atoms with Gasteiger partial charge in [-0.3, -0.25) is 14.8 Å². The molecule has 0 spiro atoms. The molecule has 0 unspecified atom stereocenters. The van der Waals surface area contributed by atoms with Crippen molar-refractivity contribution in [2.75, 3.05) is 5.32 Å². The minimum absolute atomic E-state index is 0.150. The summed E-state index contributed by atoms with van der Waals surface area (Å²) in [7, 11) is 1.68. The maximum absolute atomic E-state index is 11.7. The van der Waals surface area contributed by atoms with Gasteiger partial charge in [0, 0.05) is 25.6 Å². The van der Waals surface area contributed by atoms with Crippen molar-refractivity contribution in [1.82, 2.24) is 19.7 Å². The van der Waals surface area contributed by atoms with Crippen LogP contribution in [-0.2, 0) is 7.05 Å². The number of anilines is 1. The van der Waals surface area contributed by atoms with Gasteiger partial charge in [0.1, 0.15) is 0 Å². The van der Waals surface area contributed by atoms with Crippen molar-refractivity contribution >= 4 is 23.5 Å². The van der Waals surface area contributed by atoms with Crippen LogP contribution < -0.4 is 5.32 Å². The van der Waals surface area contributed by atoms with E-state index in [1.54, 1.807) is 19.3 Å². The van der Waals surface area contributed by atoms with E-state index in [-0.39, 0.29) is 16.7 Å². The van der Waals surface area contributed by atoms with Crippen LogP contribution in [0, 0.1) is 0 Å². The number of carbonyl (C=O) groups is 1. The van der Waals surface area contributed by atoms with Crippen LogP contribution in [0.3, 0.4) is 0 Å². The van der Waals surface area contributed by atoms with Crippen LogP contribution in [0.5, 0.6) is 0 Å². The van der Waals surface area contributed by atoms with Gasteiger partial charge in [-0.05, 0) is 6.07 Å². The lowest BCUT2D eigenvalue weighted by atomic mass is 10.4. The molecule has 0 fully saturated rings. The molecule has 2 heterocycles. The zero-order valence-corrected chi connectivity index (χ0v) is 9.14. The second-order valence-electron chi connectivity index (χ2n) is 3.03. The lowest BCUT2D eigenvalue weighted by Gasteiger charge is -1.99. The Labute approximate surface area is 96.3 Å². The van der Waals surface area contributed by atoms with Gasteiger partial charge in [0.2, 0.25) is 5.95 Å². The van der Waals surface area contributed by atoms with Crippen molar-refractivity contribution in [1.29, 1.82) is 0 Å². The van der Waals surface area contributed by atoms with Crippen LogP contribution in [0.2, 0.25) is 5.02 Å². The van der Waals surface area contributed by atoms with E-state index in [2.05, 4.69) is 20.4 Å². The summed E-state index contributed by atoms with van der Waals surface area (Å²) in [5.74, 6) is -0.217. The number of hydrogen-bond acceptors (Lipinski definition) is 4. The maximum atomic E-state index is 11.7. The minimum atomic E-state index is -0.434. The van der Waals surface area contributed by atoms with E-state index < -0.39 is 5.91 Å². The Morgan fingerprint density at radius 3 is 2.69 bits per heavy atom. The van der Waals surface area contributed by atoms with Gasteiger partial charge >= 0.3 is 0 Å². The number of aromatic nitrogens is 4. The first-order valence-electron chi connectivity index (χ1n) is 4.44. The monoisotopic (exact) mass is 237 g/mol. The third-order valence-corrected chi connectivity index (χ3v) is 2.07. The lowest BCUT2D eigenvalue weighted by Crippen LogP contribution is -2.15. The molecular formula is C9H8ClN5O. The molecule has 0 saturated carbocycles. The summed E-state index contributed by atoms with van der Waals surface area (Å²) in [6.07, 6.45) is 4.60. The van der Waals surface area contributed by atoms with E-state index >= 15 is 0 Å². The summed E-state index contributed by atoms with van der Waals surface area (Å²) in [5.41, 5.74) is 0.150. The number of rotatable bonds is 2. The molecule has 0 aromatic carbocycles. The number of nitrogens with zero attached hydrogens (tertiary/aromatic N) is 4. The standard InChI is InChI=1S/C9H8ClN5O/c1-15-5-6(10)7(14-15)8(16)13-9-11-3-2-4-12-9/h2-5H,1H3,(H,11,12,13,16). The Morgan fingerprint density at radius 1 is 1.44 bits per heavy atom. The Hall–Kier alpha value is -1.95. The van der Waals surface area contributed by atoms with Gasteiger partial charge in [-0.15, -0.1) is 0 Å². The van der Waals surface area contributed by atoms with Crippen LogP contribution in [0.25, 0.3) is 0 Å². The number of nitrogens with one attached hydrogen (secondary N) is 1. The third-order valence-electron chi connectivity index (χ3n) is 1.79. The van der Waals surface area contributed by atoms with Crippen molar-refractivity contribution in [2.24, 2.45) is 7.05 Å². The number of carbonyl (C=O) groups excluding carboxylic acids is 1. The van der Waals surface area contributed by atoms with Crippen molar-refractivity contribution in [3.8, 4) is 0 Å². The van der Waals surface area contributed by atoms with Gasteiger partial charge in [0.15, 0.2) is 5.69 Å². The highest BCUT2D eigenvalue weighted by molar-refractivity contribution is 6.34. The number of hydrogen-bond donors (Lipinski definition) is 1. The number of amides is 1. The van der Waals surface area contributed by atoms with Crippen molar-refractivity contribution in [2.45, 2.75) is 0 Å². The Bertz CT molecular complexity index is 510. The Balaban J connectivity index is 2.18. The number of aryl methyl sites for hydroxylation is 1. The molecule has 7 heteroatoms. The maximum Gasteiger partial charge on any atom is 0.280 e. The van der Waals surface area contributed by atoms with Crippen molar-refractivity contribution < 1.29 is 4.79 Å². The summed E-state index contributed by atoms with van der Waals surface area (Å²) >= 11 is 5.82. The largest absolute Gasteiger partial charge is 0.289 e. The first-order valence-corrected chi connectivity index (χ1v) is 4.82. The van der Waals surface area contributed by atoms with E-state index in [0.717, 1.165) is 0 Å². The second-order valence-corrected chi connectivity index (χ2v) is 3.43. The summed E-state index contributed by atoms with van der Waals surface area (Å²) < 4.78 is 1.46. The molecule has 16 heavy (non-hydrogen) atoms. The summed E-state index contributed by atoms with van der Waals surface area (Å²) in [6, 6.07) is 1.66. The van der Waals surface area contributed by atoms with Crippen LogP contribution in [0.15, 0.2) is 24.7 Å². The van der Waals surface area contributed by atoms with Gasteiger partial charge in [-0.1, -0.05) is 11.6 Å². The lowest BCUT2D eigenvalue weighted by molar-refractivity contribution is 0.102. The molecule has 2 rings (SSSR count). The number of halogens is 1. The molecule has 0 aliphatic rings. The highest BCUT2D eigenvalue weighted by Gasteiger charge is 2.15. The third kappa shape index (κ3) is 2.17. The minimum Gasteiger partial charge on any atom is -0.289 e. The molecule has 0 radical (unpaired) electrons. The van der Waals surface area contributed by atoms with Crippen LogP contribution >= 0.6 is 11.6 Å². The fourth-order valence-electron chi connectivity index (χ4n) is 1.14. The van der Waals surface area contributed by atoms with Gasteiger partial charge < -0.3 is 0 Å². The smallest absolute Gasteiger partial charge is 0.280 e. The molecule has 0 aliphatic heterocycles. The average Bonchev–Trinajstić information content (AvgIpc) is 2.59. The van der Waals surface area contributed by atoms with E-state index in [1.165, 1.54) is 17.1 Å². The molecule has 82 valence electrons. The van der Waals surface area contributed by atoms with Gasteiger partial charge in [0.25, 0.3) is 5.91 Å². The zero-order chi connectivity index (χ0) is 11.5. The summed E-state index contributed by atoms with van der Waals surface area (Å²) in [5, 5.41) is 6.70. The second kappa shape index (κ2) is 4.28. The Kier molecular flexibility index (Phi) is 2.82. The van der Waals surface area contributed by atoms with Crippen LogP contribution in [0.4, 0.5) is 5.95 Å². The summed E-state index contributed by atoms with van der Waals surface area (Å²) in [6.45, 7) is 0. The first kappa shape index (κ1) is 10.6. The van der Waals surface area contributed by atoms with Crippen molar-refractivity contribution in [3.05, 3.63) is 35.4 Å². The normalized spacial score (nSPS) is 10.1. The summed E-state index contributed by atoms with van der Waals surface area (Å²) in [4.78, 5) is 19.4. The molecule has 0 aliphatic carbocycles. The molecule has 0 bridgehead atoms. The molecule has 0 atom stereocenters. The predicted molar refractivity (Wildman–Crippen MR) is 58.2 cm³/mol. The molecular weight excluding hydrogens is 230 g/mol.